The highest BCUT2D eigenvalue weighted by Gasteiger charge is 2.07. The van der Waals surface area contributed by atoms with Crippen LogP contribution in [0.4, 0.5) is 5.82 Å². The molecule has 0 atom stereocenters. The van der Waals surface area contributed by atoms with Gasteiger partial charge in [-0.25, -0.2) is 0 Å². The molecule has 0 unspecified atom stereocenters. The largest absolute Gasteiger partial charge is 0.484 e. The fraction of sp³-hybridized carbons (Fsp3) is 0.200. The summed E-state index contributed by atoms with van der Waals surface area (Å²) in [5.74, 6) is -0.215. The van der Waals surface area contributed by atoms with Gasteiger partial charge in [-0.1, -0.05) is 19.1 Å². The highest BCUT2D eigenvalue weighted by Crippen LogP contribution is 2.12. The number of rotatable bonds is 6. The maximum atomic E-state index is 11.7. The van der Waals surface area contributed by atoms with Gasteiger partial charge >= 0.3 is 0 Å². The van der Waals surface area contributed by atoms with Crippen molar-refractivity contribution >= 4 is 17.6 Å². The molecule has 2 amide bonds. The van der Waals surface area contributed by atoms with Crippen molar-refractivity contribution in [2.75, 3.05) is 11.9 Å². The van der Waals surface area contributed by atoms with E-state index in [0.717, 1.165) is 6.42 Å². The summed E-state index contributed by atoms with van der Waals surface area (Å²) < 4.78 is 5.37. The van der Waals surface area contributed by atoms with Crippen molar-refractivity contribution in [1.82, 2.24) is 10.2 Å². The van der Waals surface area contributed by atoms with Crippen molar-refractivity contribution in [3.05, 3.63) is 47.7 Å². The lowest BCUT2D eigenvalue weighted by Crippen LogP contribution is -2.21. The first-order valence-electron chi connectivity index (χ1n) is 6.73. The first-order valence-corrected chi connectivity index (χ1v) is 6.73. The van der Waals surface area contributed by atoms with E-state index >= 15 is 0 Å². The first-order chi connectivity index (χ1) is 10.6. The topological polar surface area (TPSA) is 107 Å². The van der Waals surface area contributed by atoms with E-state index in [4.69, 9.17) is 10.5 Å². The smallest absolute Gasteiger partial charge is 0.269 e. The Kier molecular flexibility index (Phi) is 5.02. The van der Waals surface area contributed by atoms with Gasteiger partial charge in [0.05, 0.1) is 0 Å². The lowest BCUT2D eigenvalue weighted by molar-refractivity contribution is -0.118. The molecule has 0 aliphatic rings. The van der Waals surface area contributed by atoms with E-state index in [9.17, 15) is 9.59 Å². The standard InChI is InChI=1S/C15H16N4O3/c1-2-10-3-5-11(6-4-10)22-9-14(20)17-13-8-7-12(15(16)21)18-19-13/h3-8H,2,9H2,1H3,(H2,16,21)(H,17,19,20). The van der Waals surface area contributed by atoms with E-state index in [2.05, 4.69) is 22.4 Å². The van der Waals surface area contributed by atoms with Gasteiger partial charge in [-0.3, -0.25) is 9.59 Å². The average Bonchev–Trinajstić information content (AvgIpc) is 2.54. The van der Waals surface area contributed by atoms with E-state index in [1.54, 1.807) is 0 Å². The molecule has 0 bridgehead atoms. The van der Waals surface area contributed by atoms with Gasteiger partial charge in [0.25, 0.3) is 11.8 Å². The molecule has 1 heterocycles. The van der Waals surface area contributed by atoms with Gasteiger partial charge in [-0.15, -0.1) is 10.2 Å². The molecule has 0 aliphatic heterocycles. The molecule has 7 heteroatoms. The minimum atomic E-state index is -0.677. The zero-order valence-electron chi connectivity index (χ0n) is 12.1. The highest BCUT2D eigenvalue weighted by atomic mass is 16.5. The number of aromatic nitrogens is 2. The van der Waals surface area contributed by atoms with Gasteiger partial charge < -0.3 is 15.8 Å². The molecule has 3 N–H and O–H groups in total. The van der Waals surface area contributed by atoms with Gasteiger partial charge in [0.2, 0.25) is 0 Å². The molecule has 0 fully saturated rings. The molecule has 0 saturated heterocycles. The molecule has 114 valence electrons. The number of amides is 2. The molecule has 22 heavy (non-hydrogen) atoms. The lowest BCUT2D eigenvalue weighted by Gasteiger charge is -2.07. The fourth-order valence-corrected chi connectivity index (χ4v) is 1.68. The summed E-state index contributed by atoms with van der Waals surface area (Å²) in [4.78, 5) is 22.6. The second kappa shape index (κ2) is 7.16. The summed E-state index contributed by atoms with van der Waals surface area (Å²) in [5, 5.41) is 9.78. The van der Waals surface area contributed by atoms with Gasteiger partial charge in [0, 0.05) is 0 Å². The van der Waals surface area contributed by atoms with Crippen LogP contribution in [0.2, 0.25) is 0 Å². The Balaban J connectivity index is 1.85. The van der Waals surface area contributed by atoms with Crippen LogP contribution in [-0.4, -0.2) is 28.6 Å². The van der Waals surface area contributed by atoms with Crippen LogP contribution in [0.3, 0.4) is 0 Å². The normalized spacial score (nSPS) is 10.0. The third kappa shape index (κ3) is 4.27. The van der Waals surface area contributed by atoms with E-state index in [1.165, 1.54) is 17.7 Å². The van der Waals surface area contributed by atoms with Crippen molar-refractivity contribution < 1.29 is 14.3 Å². The van der Waals surface area contributed by atoms with E-state index < -0.39 is 5.91 Å². The van der Waals surface area contributed by atoms with Gasteiger partial charge in [0.15, 0.2) is 18.1 Å². The summed E-state index contributed by atoms with van der Waals surface area (Å²) in [5.41, 5.74) is 6.28. The molecule has 7 nitrogen and oxygen atoms in total. The predicted molar refractivity (Wildman–Crippen MR) is 80.5 cm³/mol. The van der Waals surface area contributed by atoms with E-state index in [1.807, 2.05) is 24.3 Å². The number of anilines is 1. The van der Waals surface area contributed by atoms with Crippen molar-refractivity contribution in [2.45, 2.75) is 13.3 Å². The van der Waals surface area contributed by atoms with Gasteiger partial charge in [-0.05, 0) is 36.2 Å². The van der Waals surface area contributed by atoms with Crippen LogP contribution in [0.15, 0.2) is 36.4 Å². The Morgan fingerprint density at radius 1 is 1.14 bits per heavy atom. The monoisotopic (exact) mass is 300 g/mol. The maximum absolute atomic E-state index is 11.7. The molecule has 0 saturated carbocycles. The summed E-state index contributed by atoms with van der Waals surface area (Å²) >= 11 is 0. The van der Waals surface area contributed by atoms with Crippen LogP contribution < -0.4 is 15.8 Å². The molecule has 2 rings (SSSR count). The Morgan fingerprint density at radius 3 is 2.41 bits per heavy atom. The number of carbonyl (C=O) groups excluding carboxylic acids is 2. The second-order valence-electron chi connectivity index (χ2n) is 4.50. The zero-order valence-corrected chi connectivity index (χ0v) is 12.1. The summed E-state index contributed by atoms with van der Waals surface area (Å²) in [7, 11) is 0. The van der Waals surface area contributed by atoms with Crippen LogP contribution in [0, 0.1) is 0 Å². The van der Waals surface area contributed by atoms with Crippen molar-refractivity contribution in [1.29, 1.82) is 0 Å². The molecule has 0 aliphatic carbocycles. The summed E-state index contributed by atoms with van der Waals surface area (Å²) in [6.45, 7) is 1.92. The van der Waals surface area contributed by atoms with E-state index in [-0.39, 0.29) is 24.0 Å². The number of nitrogens with two attached hydrogens (primary N) is 1. The number of ether oxygens (including phenoxy) is 1. The van der Waals surface area contributed by atoms with Crippen molar-refractivity contribution in [2.24, 2.45) is 5.73 Å². The minimum Gasteiger partial charge on any atom is -0.484 e. The number of nitrogens with one attached hydrogen (secondary N) is 1. The van der Waals surface area contributed by atoms with Crippen LogP contribution in [0.5, 0.6) is 5.75 Å². The first kappa shape index (κ1) is 15.4. The third-order valence-electron chi connectivity index (χ3n) is 2.89. The third-order valence-corrected chi connectivity index (χ3v) is 2.89. The number of aryl methyl sites for hydroxylation is 1. The Hall–Kier alpha value is -2.96. The van der Waals surface area contributed by atoms with Gasteiger partial charge in [-0.2, -0.15) is 0 Å². The Labute approximate surface area is 127 Å². The quantitative estimate of drug-likeness (QED) is 0.832. The van der Waals surface area contributed by atoms with Crippen molar-refractivity contribution in [3.8, 4) is 5.75 Å². The minimum absolute atomic E-state index is 0.0327. The molecule has 0 spiro atoms. The molecular weight excluding hydrogens is 284 g/mol. The SMILES string of the molecule is CCc1ccc(OCC(=O)Nc2ccc(C(N)=O)nn2)cc1. The Morgan fingerprint density at radius 2 is 1.86 bits per heavy atom. The number of nitrogens with zero attached hydrogens (tertiary/aromatic N) is 2. The number of benzene rings is 1. The molecule has 0 radical (unpaired) electrons. The number of carbonyl (C=O) groups is 2. The zero-order chi connectivity index (χ0) is 15.9. The van der Waals surface area contributed by atoms with Gasteiger partial charge in [0.1, 0.15) is 5.75 Å². The van der Waals surface area contributed by atoms with Crippen LogP contribution in [0.1, 0.15) is 23.0 Å². The average molecular weight is 300 g/mol. The molecule has 1 aromatic heterocycles. The van der Waals surface area contributed by atoms with Crippen LogP contribution in [0.25, 0.3) is 0 Å². The highest BCUT2D eigenvalue weighted by molar-refractivity contribution is 5.92. The lowest BCUT2D eigenvalue weighted by atomic mass is 10.2. The Bertz CT molecular complexity index is 653. The van der Waals surface area contributed by atoms with Crippen LogP contribution >= 0.6 is 0 Å². The number of hydrogen-bond donors (Lipinski definition) is 2. The summed E-state index contributed by atoms with van der Waals surface area (Å²) in [6.07, 6.45) is 0.945. The maximum Gasteiger partial charge on any atom is 0.269 e. The van der Waals surface area contributed by atoms with E-state index in [0.29, 0.717) is 5.75 Å². The second-order valence-corrected chi connectivity index (χ2v) is 4.50. The predicted octanol–water partition coefficient (Wildman–Crippen LogP) is 1.16. The van der Waals surface area contributed by atoms with Crippen molar-refractivity contribution in [3.63, 3.8) is 0 Å². The summed E-state index contributed by atoms with van der Waals surface area (Å²) in [6, 6.07) is 10.3. The number of hydrogen-bond acceptors (Lipinski definition) is 5. The molecule has 1 aromatic carbocycles. The fourth-order valence-electron chi connectivity index (χ4n) is 1.68. The van der Waals surface area contributed by atoms with Crippen LogP contribution in [-0.2, 0) is 11.2 Å². The molecular formula is C15H16N4O3. The molecule has 2 aromatic rings. The number of primary amides is 1.